The van der Waals surface area contributed by atoms with Crippen molar-refractivity contribution in [3.8, 4) is 11.1 Å². The third kappa shape index (κ3) is 4.92. The summed E-state index contributed by atoms with van der Waals surface area (Å²) in [6.07, 6.45) is 16.7. The van der Waals surface area contributed by atoms with Crippen LogP contribution < -0.4 is 0 Å². The van der Waals surface area contributed by atoms with Crippen LogP contribution in [0.15, 0.2) is 60.7 Å². The van der Waals surface area contributed by atoms with Gasteiger partial charge in [0.15, 0.2) is 0 Å². The van der Waals surface area contributed by atoms with E-state index in [1.54, 1.807) is 11.1 Å². The highest BCUT2D eigenvalue weighted by Gasteiger charge is 2.15. The molecule has 0 aliphatic heterocycles. The van der Waals surface area contributed by atoms with Crippen LogP contribution in [0.5, 0.6) is 0 Å². The van der Waals surface area contributed by atoms with Crippen LogP contribution in [-0.4, -0.2) is 0 Å². The Hall–Kier alpha value is -2.08. The van der Waals surface area contributed by atoms with Crippen molar-refractivity contribution in [3.63, 3.8) is 0 Å². The van der Waals surface area contributed by atoms with Crippen LogP contribution >= 0.6 is 0 Å². The van der Waals surface area contributed by atoms with Gasteiger partial charge in [-0.3, -0.25) is 0 Å². The topological polar surface area (TPSA) is 0 Å². The van der Waals surface area contributed by atoms with Gasteiger partial charge >= 0.3 is 0 Å². The number of hydrogen-bond donors (Lipinski definition) is 0. The summed E-state index contributed by atoms with van der Waals surface area (Å²) in [7, 11) is 0. The lowest BCUT2D eigenvalue weighted by atomic mass is 9.84. The van der Waals surface area contributed by atoms with Crippen LogP contribution in [-0.2, 0) is 0 Å². The lowest BCUT2D eigenvalue weighted by Gasteiger charge is -2.22. The molecule has 0 bridgehead atoms. The van der Waals surface area contributed by atoms with Gasteiger partial charge in [0.25, 0.3) is 0 Å². The Morgan fingerprint density at radius 3 is 1.45 bits per heavy atom. The van der Waals surface area contributed by atoms with Crippen molar-refractivity contribution in [2.75, 3.05) is 0 Å². The monoisotopic (exact) mass is 384 g/mol. The first-order chi connectivity index (χ1) is 14.3. The molecule has 2 unspecified atom stereocenters. The molecule has 0 saturated heterocycles. The van der Waals surface area contributed by atoms with Gasteiger partial charge in [0.2, 0.25) is 0 Å². The molecule has 2 aromatic rings. The molecular weight excluding hydrogens is 348 g/mol. The lowest BCUT2D eigenvalue weighted by Crippen LogP contribution is -2.04. The zero-order chi connectivity index (χ0) is 20.1. The molecule has 2 aromatic carbocycles. The van der Waals surface area contributed by atoms with Gasteiger partial charge in [-0.05, 0) is 83.8 Å². The second kappa shape index (κ2) is 9.61. The molecule has 4 rings (SSSR count). The van der Waals surface area contributed by atoms with Crippen LogP contribution in [0.3, 0.4) is 0 Å². The Morgan fingerprint density at radius 2 is 1.07 bits per heavy atom. The predicted molar refractivity (Wildman–Crippen MR) is 128 cm³/mol. The van der Waals surface area contributed by atoms with Gasteiger partial charge in [0, 0.05) is 0 Å². The van der Waals surface area contributed by atoms with Gasteiger partial charge in [-0.1, -0.05) is 93.8 Å². The summed E-state index contributed by atoms with van der Waals surface area (Å²) >= 11 is 0. The Labute approximate surface area is 177 Å². The van der Waals surface area contributed by atoms with Crippen molar-refractivity contribution in [2.24, 2.45) is 11.8 Å². The minimum Gasteiger partial charge on any atom is -0.0804 e. The molecular formula is C29H36. The van der Waals surface area contributed by atoms with Gasteiger partial charge in [-0.25, -0.2) is 0 Å². The second-order valence-electron chi connectivity index (χ2n) is 9.09. The van der Waals surface area contributed by atoms with Crippen molar-refractivity contribution < 1.29 is 0 Å². The van der Waals surface area contributed by atoms with Gasteiger partial charge in [-0.2, -0.15) is 0 Å². The molecule has 0 saturated carbocycles. The van der Waals surface area contributed by atoms with E-state index >= 15 is 0 Å². The van der Waals surface area contributed by atoms with E-state index in [9.17, 15) is 0 Å². The maximum atomic E-state index is 2.49. The predicted octanol–water partition coefficient (Wildman–Crippen LogP) is 8.93. The van der Waals surface area contributed by atoms with Crippen LogP contribution in [0.4, 0.5) is 0 Å². The Bertz CT molecular complexity index is 848. The summed E-state index contributed by atoms with van der Waals surface area (Å²) in [6.45, 7) is 4.62. The maximum absolute atomic E-state index is 2.49. The van der Waals surface area contributed by atoms with Crippen LogP contribution in [0.2, 0.25) is 0 Å². The van der Waals surface area contributed by atoms with E-state index in [4.69, 9.17) is 0 Å². The standard InChI is InChI=1S/C29H36/c1-3-5-23-8-12-25(13-9-23)27-16-20-29(21-17-27)28-18-14-26(15-19-28)24-10-6-22(4-2)7-11-24/h10,12,14-23H,3-9,11,13H2,1-2H3. The third-order valence-electron chi connectivity index (χ3n) is 7.16. The number of rotatable bonds is 6. The van der Waals surface area contributed by atoms with Crippen molar-refractivity contribution >= 4 is 11.1 Å². The summed E-state index contributed by atoms with van der Waals surface area (Å²) in [4.78, 5) is 0. The molecule has 0 spiro atoms. The summed E-state index contributed by atoms with van der Waals surface area (Å²) in [5.74, 6) is 1.81. The molecule has 0 heterocycles. The summed E-state index contributed by atoms with van der Waals surface area (Å²) in [5, 5.41) is 0. The van der Waals surface area contributed by atoms with Gasteiger partial charge in [0.05, 0.1) is 0 Å². The van der Waals surface area contributed by atoms with Crippen molar-refractivity contribution in [1.29, 1.82) is 0 Å². The minimum absolute atomic E-state index is 0.897. The normalized spacial score (nSPS) is 22.1. The molecule has 29 heavy (non-hydrogen) atoms. The van der Waals surface area contributed by atoms with Gasteiger partial charge in [-0.15, -0.1) is 0 Å². The smallest absolute Gasteiger partial charge is 0.0184 e. The minimum atomic E-state index is 0.897. The van der Waals surface area contributed by atoms with Gasteiger partial charge < -0.3 is 0 Å². The van der Waals surface area contributed by atoms with E-state index in [2.05, 4.69) is 74.5 Å². The molecule has 0 radical (unpaired) electrons. The molecule has 2 aliphatic rings. The largest absolute Gasteiger partial charge is 0.0804 e. The molecule has 152 valence electrons. The number of benzene rings is 2. The van der Waals surface area contributed by atoms with E-state index in [0.717, 1.165) is 11.8 Å². The molecule has 0 nitrogen and oxygen atoms in total. The highest BCUT2D eigenvalue weighted by atomic mass is 14.2. The SMILES string of the molecule is CCCC1CC=C(c2ccc(-c3ccc(C4=CCC(CC)CC4)cc3)cc2)CC1. The zero-order valence-corrected chi connectivity index (χ0v) is 18.3. The molecule has 0 aromatic heterocycles. The van der Waals surface area contributed by atoms with Crippen LogP contribution in [0, 0.1) is 11.8 Å². The van der Waals surface area contributed by atoms with Crippen molar-refractivity contribution in [2.45, 2.75) is 71.6 Å². The summed E-state index contributed by atoms with van der Waals surface area (Å²) in [5.41, 5.74) is 8.57. The Morgan fingerprint density at radius 1 is 0.621 bits per heavy atom. The zero-order valence-electron chi connectivity index (χ0n) is 18.3. The Kier molecular flexibility index (Phi) is 6.70. The number of allylic oxidation sites excluding steroid dienone is 4. The molecule has 0 amide bonds. The average molecular weight is 385 g/mol. The average Bonchev–Trinajstić information content (AvgIpc) is 2.80. The van der Waals surface area contributed by atoms with E-state index in [1.165, 1.54) is 80.0 Å². The fraction of sp³-hybridized carbons (Fsp3) is 0.448. The van der Waals surface area contributed by atoms with E-state index in [1.807, 2.05) is 0 Å². The first kappa shape index (κ1) is 20.2. The number of hydrogen-bond acceptors (Lipinski definition) is 0. The maximum Gasteiger partial charge on any atom is -0.0184 e. The van der Waals surface area contributed by atoms with Crippen LogP contribution in [0.25, 0.3) is 22.3 Å². The molecule has 0 N–H and O–H groups in total. The quantitative estimate of drug-likeness (QED) is 0.466. The Balaban J connectivity index is 1.42. The van der Waals surface area contributed by atoms with Crippen molar-refractivity contribution in [3.05, 3.63) is 71.8 Å². The molecule has 0 heteroatoms. The fourth-order valence-electron chi connectivity index (χ4n) is 5.10. The summed E-state index contributed by atoms with van der Waals surface area (Å²) < 4.78 is 0. The third-order valence-corrected chi connectivity index (χ3v) is 7.16. The molecule has 0 fully saturated rings. The van der Waals surface area contributed by atoms with E-state index in [-0.39, 0.29) is 0 Å². The lowest BCUT2D eigenvalue weighted by molar-refractivity contribution is 0.445. The van der Waals surface area contributed by atoms with E-state index < -0.39 is 0 Å². The summed E-state index contributed by atoms with van der Waals surface area (Å²) in [6, 6.07) is 18.5. The van der Waals surface area contributed by atoms with E-state index in [0.29, 0.717) is 0 Å². The second-order valence-corrected chi connectivity index (χ2v) is 9.09. The first-order valence-corrected chi connectivity index (χ1v) is 11.9. The van der Waals surface area contributed by atoms with Gasteiger partial charge in [0.1, 0.15) is 0 Å². The molecule has 2 atom stereocenters. The highest BCUT2D eigenvalue weighted by molar-refractivity contribution is 5.73. The van der Waals surface area contributed by atoms with Crippen molar-refractivity contribution in [1.82, 2.24) is 0 Å². The highest BCUT2D eigenvalue weighted by Crippen LogP contribution is 2.34. The molecule has 2 aliphatic carbocycles. The first-order valence-electron chi connectivity index (χ1n) is 11.9. The fourth-order valence-corrected chi connectivity index (χ4v) is 5.10. The van der Waals surface area contributed by atoms with Crippen LogP contribution in [0.1, 0.15) is 82.8 Å².